The minimum atomic E-state index is -0.198. The summed E-state index contributed by atoms with van der Waals surface area (Å²) in [5, 5.41) is 20.7. The number of aromatic amines is 1. The van der Waals surface area contributed by atoms with Gasteiger partial charge in [-0.3, -0.25) is 4.79 Å². The van der Waals surface area contributed by atoms with Crippen molar-refractivity contribution < 1.29 is 19.7 Å². The van der Waals surface area contributed by atoms with Crippen molar-refractivity contribution in [3.05, 3.63) is 58.8 Å². The number of hydrogen-bond acceptors (Lipinski definition) is 5. The Kier molecular flexibility index (Phi) is 4.94. The summed E-state index contributed by atoms with van der Waals surface area (Å²) >= 11 is 0. The third-order valence-corrected chi connectivity index (χ3v) is 6.43. The molecule has 6 heteroatoms. The smallest absolute Gasteiger partial charge is 0.205 e. The number of rotatable bonds is 3. The van der Waals surface area contributed by atoms with Crippen LogP contribution >= 0.6 is 0 Å². The number of Topliss-reactive ketones (excluding diaryl/α,β-unsaturated/α-hetero) is 1. The van der Waals surface area contributed by atoms with E-state index in [9.17, 15) is 15.0 Å². The SMILES string of the molecule is COc1cc(/C=C2\CCc3c([nH]c4ccc(N5CCC(O)CC5)cc34)C2=O)ccc1O. The lowest BCUT2D eigenvalue weighted by Crippen LogP contribution is -2.35. The maximum atomic E-state index is 13.2. The third-order valence-electron chi connectivity index (χ3n) is 6.43. The second-order valence-corrected chi connectivity index (χ2v) is 8.36. The van der Waals surface area contributed by atoms with Gasteiger partial charge in [0.2, 0.25) is 5.78 Å². The number of allylic oxidation sites excluding steroid dienone is 1. The first kappa shape index (κ1) is 19.7. The van der Waals surface area contributed by atoms with Crippen LogP contribution in [0.15, 0.2) is 42.0 Å². The molecule has 2 aromatic carbocycles. The number of ether oxygens (including phenoxy) is 1. The highest BCUT2D eigenvalue weighted by Crippen LogP contribution is 2.35. The lowest BCUT2D eigenvalue weighted by Gasteiger charge is -2.31. The van der Waals surface area contributed by atoms with E-state index in [-0.39, 0.29) is 17.6 Å². The number of carbonyl (C=O) groups excluding carboxylic acids is 1. The molecule has 160 valence electrons. The van der Waals surface area contributed by atoms with E-state index in [0.717, 1.165) is 65.6 Å². The molecule has 31 heavy (non-hydrogen) atoms. The first-order chi connectivity index (χ1) is 15.0. The third kappa shape index (κ3) is 3.57. The molecule has 0 spiro atoms. The molecule has 1 aliphatic heterocycles. The molecule has 3 aromatic rings. The number of aryl methyl sites for hydroxylation is 1. The summed E-state index contributed by atoms with van der Waals surface area (Å²) in [6.45, 7) is 1.70. The molecule has 1 aliphatic carbocycles. The van der Waals surface area contributed by atoms with E-state index < -0.39 is 0 Å². The molecule has 0 radical (unpaired) electrons. The number of methoxy groups -OCH3 is 1. The van der Waals surface area contributed by atoms with Crippen molar-refractivity contribution in [3.8, 4) is 11.5 Å². The predicted molar refractivity (Wildman–Crippen MR) is 121 cm³/mol. The number of piperidine rings is 1. The first-order valence-electron chi connectivity index (χ1n) is 10.7. The molecule has 0 amide bonds. The van der Waals surface area contributed by atoms with Crippen LogP contribution in [0.3, 0.4) is 0 Å². The number of H-pyrrole nitrogens is 1. The predicted octanol–water partition coefficient (Wildman–Crippen LogP) is 4.06. The van der Waals surface area contributed by atoms with Crippen molar-refractivity contribution >= 4 is 28.4 Å². The number of phenolic OH excluding ortho intramolecular Hbond substituents is 1. The van der Waals surface area contributed by atoms with Crippen molar-refractivity contribution in [1.29, 1.82) is 0 Å². The standard InChI is InChI=1S/C25H26N2O4/c1-31-23-13-15(2-7-22(23)29)12-16-3-5-19-20-14-17(27-10-8-18(28)9-11-27)4-6-21(20)26-24(19)25(16)30/h2,4,6-7,12-14,18,26,28-29H,3,5,8-11H2,1H3/b16-12+. The van der Waals surface area contributed by atoms with Gasteiger partial charge in [0.05, 0.1) is 18.9 Å². The maximum absolute atomic E-state index is 13.2. The fourth-order valence-corrected chi connectivity index (χ4v) is 4.67. The Labute approximate surface area is 180 Å². The highest BCUT2D eigenvalue weighted by atomic mass is 16.5. The normalized spacial score (nSPS) is 18.6. The summed E-state index contributed by atoms with van der Waals surface area (Å²) < 4.78 is 5.18. The zero-order chi connectivity index (χ0) is 21.5. The molecule has 0 unspecified atom stereocenters. The van der Waals surface area contributed by atoms with Gasteiger partial charge in [0, 0.05) is 35.3 Å². The number of anilines is 1. The minimum absolute atomic E-state index is 0.0205. The number of fused-ring (bicyclic) bond motifs is 3. The van der Waals surface area contributed by atoms with E-state index in [2.05, 4.69) is 28.1 Å². The minimum Gasteiger partial charge on any atom is -0.504 e. The Hall–Kier alpha value is -3.25. The molecule has 1 aromatic heterocycles. The second kappa shape index (κ2) is 7.78. The van der Waals surface area contributed by atoms with E-state index >= 15 is 0 Å². The molecule has 5 rings (SSSR count). The average Bonchev–Trinajstić information content (AvgIpc) is 3.16. The molecule has 0 saturated carbocycles. The molecule has 1 saturated heterocycles. The maximum Gasteiger partial charge on any atom is 0.205 e. The Morgan fingerprint density at radius 1 is 1.13 bits per heavy atom. The monoisotopic (exact) mass is 418 g/mol. The van der Waals surface area contributed by atoms with Crippen LogP contribution in [0.4, 0.5) is 5.69 Å². The van der Waals surface area contributed by atoms with Crippen LogP contribution in [-0.4, -0.2) is 47.3 Å². The van der Waals surface area contributed by atoms with Crippen LogP contribution in [0, 0.1) is 0 Å². The molecule has 2 aliphatic rings. The van der Waals surface area contributed by atoms with Crippen LogP contribution in [0.1, 0.15) is 40.9 Å². The molecule has 3 N–H and O–H groups in total. The average molecular weight is 418 g/mol. The van der Waals surface area contributed by atoms with Gasteiger partial charge >= 0.3 is 0 Å². The number of aliphatic hydroxyl groups excluding tert-OH is 1. The number of carbonyl (C=O) groups is 1. The van der Waals surface area contributed by atoms with Crippen LogP contribution in [0.5, 0.6) is 11.5 Å². The van der Waals surface area contributed by atoms with Crippen molar-refractivity contribution in [2.24, 2.45) is 0 Å². The summed E-state index contributed by atoms with van der Waals surface area (Å²) in [6.07, 6.45) is 4.72. The highest BCUT2D eigenvalue weighted by molar-refractivity contribution is 6.15. The van der Waals surface area contributed by atoms with Gasteiger partial charge in [0.25, 0.3) is 0 Å². The molecule has 1 fully saturated rings. The van der Waals surface area contributed by atoms with Gasteiger partial charge in [0.1, 0.15) is 0 Å². The van der Waals surface area contributed by atoms with Crippen LogP contribution in [-0.2, 0) is 6.42 Å². The van der Waals surface area contributed by atoms with Gasteiger partial charge in [-0.25, -0.2) is 0 Å². The Morgan fingerprint density at radius 3 is 2.71 bits per heavy atom. The molecular weight excluding hydrogens is 392 g/mol. The summed E-state index contributed by atoms with van der Waals surface area (Å²) in [5.74, 6) is 0.491. The fourth-order valence-electron chi connectivity index (χ4n) is 4.67. The number of phenols is 1. The number of benzene rings is 2. The zero-order valence-corrected chi connectivity index (χ0v) is 17.5. The lowest BCUT2D eigenvalue weighted by atomic mass is 9.89. The van der Waals surface area contributed by atoms with Crippen LogP contribution in [0.2, 0.25) is 0 Å². The summed E-state index contributed by atoms with van der Waals surface area (Å²) in [4.78, 5) is 18.9. The molecule has 6 nitrogen and oxygen atoms in total. The van der Waals surface area contributed by atoms with Gasteiger partial charge in [-0.1, -0.05) is 6.07 Å². The molecule has 0 bridgehead atoms. The quantitative estimate of drug-likeness (QED) is 0.559. The topological polar surface area (TPSA) is 85.8 Å². The van der Waals surface area contributed by atoms with Crippen LogP contribution < -0.4 is 9.64 Å². The number of hydrogen-bond donors (Lipinski definition) is 3. The number of ketones is 1. The largest absolute Gasteiger partial charge is 0.504 e. The molecular formula is C25H26N2O4. The van der Waals surface area contributed by atoms with E-state index in [0.29, 0.717) is 17.9 Å². The Morgan fingerprint density at radius 2 is 1.94 bits per heavy atom. The van der Waals surface area contributed by atoms with E-state index in [1.54, 1.807) is 18.2 Å². The van der Waals surface area contributed by atoms with E-state index in [4.69, 9.17) is 4.74 Å². The second-order valence-electron chi connectivity index (χ2n) is 8.36. The van der Waals surface area contributed by atoms with Gasteiger partial charge in [-0.05, 0) is 73.2 Å². The Balaban J connectivity index is 1.46. The van der Waals surface area contributed by atoms with Gasteiger partial charge in [0.15, 0.2) is 11.5 Å². The number of aromatic hydroxyl groups is 1. The number of nitrogens with one attached hydrogen (secondary N) is 1. The van der Waals surface area contributed by atoms with Crippen molar-refractivity contribution in [1.82, 2.24) is 4.98 Å². The number of aliphatic hydroxyl groups is 1. The summed E-state index contributed by atoms with van der Waals surface area (Å²) in [5.41, 5.74) is 5.45. The summed E-state index contributed by atoms with van der Waals surface area (Å²) in [7, 11) is 1.51. The van der Waals surface area contributed by atoms with Gasteiger partial charge in [-0.2, -0.15) is 0 Å². The molecule has 0 atom stereocenters. The number of nitrogens with zero attached hydrogens (tertiary/aromatic N) is 1. The van der Waals surface area contributed by atoms with Crippen LogP contribution in [0.25, 0.3) is 17.0 Å². The fraction of sp³-hybridized carbons (Fsp3) is 0.320. The number of aromatic nitrogens is 1. The van der Waals surface area contributed by atoms with Crippen molar-refractivity contribution in [3.63, 3.8) is 0 Å². The first-order valence-corrected chi connectivity index (χ1v) is 10.7. The van der Waals surface area contributed by atoms with E-state index in [1.807, 2.05) is 6.08 Å². The molecule has 2 heterocycles. The van der Waals surface area contributed by atoms with E-state index in [1.165, 1.54) is 7.11 Å². The van der Waals surface area contributed by atoms with Crippen molar-refractivity contribution in [2.75, 3.05) is 25.1 Å². The summed E-state index contributed by atoms with van der Waals surface area (Å²) in [6, 6.07) is 11.4. The zero-order valence-electron chi connectivity index (χ0n) is 17.5. The van der Waals surface area contributed by atoms with Gasteiger partial charge < -0.3 is 24.8 Å². The van der Waals surface area contributed by atoms with Gasteiger partial charge in [-0.15, -0.1) is 0 Å². The Bertz CT molecular complexity index is 1190. The lowest BCUT2D eigenvalue weighted by molar-refractivity contribution is 0.102. The highest BCUT2D eigenvalue weighted by Gasteiger charge is 2.27. The van der Waals surface area contributed by atoms with Crippen molar-refractivity contribution in [2.45, 2.75) is 31.8 Å².